The van der Waals surface area contributed by atoms with E-state index in [1.165, 1.54) is 0 Å². The van der Waals surface area contributed by atoms with Gasteiger partial charge in [0, 0.05) is 23.0 Å². The normalized spacial score (nSPS) is 10.3. The van der Waals surface area contributed by atoms with Crippen LogP contribution in [0.5, 0.6) is 5.75 Å². The molecular formula is C20H20N4O2. The number of Topliss-reactive ketones (excluding diaryl/α,β-unsaturated/α-hetero) is 1. The minimum Gasteiger partial charge on any atom is -0.497 e. The largest absolute Gasteiger partial charge is 0.497 e. The summed E-state index contributed by atoms with van der Waals surface area (Å²) in [5, 5.41) is 6.47. The fourth-order valence-electron chi connectivity index (χ4n) is 2.48. The van der Waals surface area contributed by atoms with E-state index in [9.17, 15) is 4.79 Å². The molecule has 1 aromatic heterocycles. The summed E-state index contributed by atoms with van der Waals surface area (Å²) in [6.07, 6.45) is 0. The minimum absolute atomic E-state index is 0.0226. The van der Waals surface area contributed by atoms with E-state index in [0.29, 0.717) is 23.0 Å². The Balaban J connectivity index is 1.80. The van der Waals surface area contributed by atoms with Gasteiger partial charge in [0.25, 0.3) is 0 Å². The average molecular weight is 348 g/mol. The van der Waals surface area contributed by atoms with Crippen molar-refractivity contribution in [3.63, 3.8) is 0 Å². The van der Waals surface area contributed by atoms with Crippen LogP contribution in [0.3, 0.4) is 0 Å². The Morgan fingerprint density at radius 1 is 0.923 bits per heavy atom. The van der Waals surface area contributed by atoms with Crippen molar-refractivity contribution < 1.29 is 9.53 Å². The molecule has 0 spiro atoms. The van der Waals surface area contributed by atoms with Crippen LogP contribution in [0.2, 0.25) is 0 Å². The van der Waals surface area contributed by atoms with Gasteiger partial charge >= 0.3 is 0 Å². The number of carbonyl (C=O) groups excluding carboxylic acids is 1. The van der Waals surface area contributed by atoms with Gasteiger partial charge in [-0.05, 0) is 50.2 Å². The number of nitrogens with zero attached hydrogens (tertiary/aromatic N) is 2. The van der Waals surface area contributed by atoms with Crippen molar-refractivity contribution >= 4 is 28.8 Å². The van der Waals surface area contributed by atoms with Gasteiger partial charge in [0.1, 0.15) is 23.2 Å². The third kappa shape index (κ3) is 4.36. The maximum Gasteiger partial charge on any atom is 0.159 e. The summed E-state index contributed by atoms with van der Waals surface area (Å²) in [6, 6.07) is 16.7. The molecule has 132 valence electrons. The van der Waals surface area contributed by atoms with Crippen LogP contribution in [0.15, 0.2) is 54.6 Å². The standard InChI is InChI=1S/C20H20N4O2/c1-13(25)15-5-4-6-17(11-15)24-20-12-19(21-14(2)22-20)23-16-7-9-18(26-3)10-8-16/h4-12H,1-3H3,(H2,21,22,23,24). The molecule has 26 heavy (non-hydrogen) atoms. The lowest BCUT2D eigenvalue weighted by Gasteiger charge is -2.11. The Morgan fingerprint density at radius 3 is 2.19 bits per heavy atom. The third-order valence-corrected chi connectivity index (χ3v) is 3.74. The Labute approximate surface area is 152 Å². The lowest BCUT2D eigenvalue weighted by Crippen LogP contribution is -2.02. The first-order valence-electron chi connectivity index (χ1n) is 8.18. The zero-order valence-electron chi connectivity index (χ0n) is 14.9. The fourth-order valence-corrected chi connectivity index (χ4v) is 2.48. The molecular weight excluding hydrogens is 328 g/mol. The van der Waals surface area contributed by atoms with E-state index in [1.807, 2.05) is 49.4 Å². The molecule has 0 unspecified atom stereocenters. The second-order valence-electron chi connectivity index (χ2n) is 5.80. The Morgan fingerprint density at radius 2 is 1.58 bits per heavy atom. The molecule has 6 nitrogen and oxygen atoms in total. The van der Waals surface area contributed by atoms with E-state index in [4.69, 9.17) is 4.74 Å². The number of methoxy groups -OCH3 is 1. The highest BCUT2D eigenvalue weighted by Gasteiger charge is 2.05. The van der Waals surface area contributed by atoms with Crippen molar-refractivity contribution in [2.45, 2.75) is 13.8 Å². The predicted molar refractivity (Wildman–Crippen MR) is 103 cm³/mol. The summed E-state index contributed by atoms with van der Waals surface area (Å²) in [4.78, 5) is 20.4. The topological polar surface area (TPSA) is 76.1 Å². The Hall–Kier alpha value is -3.41. The predicted octanol–water partition coefficient (Wildman–Crippen LogP) is 4.48. The van der Waals surface area contributed by atoms with Crippen LogP contribution in [-0.2, 0) is 0 Å². The molecule has 0 saturated carbocycles. The first-order valence-corrected chi connectivity index (χ1v) is 8.18. The number of ether oxygens (including phenoxy) is 1. The molecule has 0 atom stereocenters. The number of hydrogen-bond donors (Lipinski definition) is 2. The van der Waals surface area contributed by atoms with Crippen molar-refractivity contribution in [2.24, 2.45) is 0 Å². The molecule has 3 rings (SSSR count). The first kappa shape index (κ1) is 17.4. The number of anilines is 4. The van der Waals surface area contributed by atoms with E-state index in [-0.39, 0.29) is 5.78 Å². The summed E-state index contributed by atoms with van der Waals surface area (Å²) in [6.45, 7) is 3.38. The van der Waals surface area contributed by atoms with Crippen molar-refractivity contribution in [3.05, 3.63) is 66.0 Å². The van der Waals surface area contributed by atoms with Crippen molar-refractivity contribution in [3.8, 4) is 5.75 Å². The summed E-state index contributed by atoms with van der Waals surface area (Å²) in [5.41, 5.74) is 2.34. The molecule has 0 amide bonds. The number of aromatic nitrogens is 2. The van der Waals surface area contributed by atoms with E-state index in [1.54, 1.807) is 26.2 Å². The van der Waals surface area contributed by atoms with E-state index in [0.717, 1.165) is 17.1 Å². The highest BCUT2D eigenvalue weighted by atomic mass is 16.5. The molecule has 3 aromatic rings. The lowest BCUT2D eigenvalue weighted by molar-refractivity contribution is 0.101. The molecule has 0 radical (unpaired) electrons. The van der Waals surface area contributed by atoms with E-state index in [2.05, 4.69) is 20.6 Å². The van der Waals surface area contributed by atoms with Crippen molar-refractivity contribution in [1.82, 2.24) is 9.97 Å². The van der Waals surface area contributed by atoms with Gasteiger partial charge in [-0.25, -0.2) is 9.97 Å². The number of ketones is 1. The van der Waals surface area contributed by atoms with Crippen LogP contribution in [0, 0.1) is 6.92 Å². The van der Waals surface area contributed by atoms with Crippen LogP contribution < -0.4 is 15.4 Å². The number of carbonyl (C=O) groups is 1. The molecule has 0 fully saturated rings. The Bertz CT molecular complexity index is 923. The van der Waals surface area contributed by atoms with Gasteiger partial charge in [-0.3, -0.25) is 4.79 Å². The number of benzene rings is 2. The average Bonchev–Trinajstić information content (AvgIpc) is 2.62. The smallest absolute Gasteiger partial charge is 0.159 e. The molecule has 0 aliphatic rings. The molecule has 2 aromatic carbocycles. The number of aryl methyl sites for hydroxylation is 1. The molecule has 0 aliphatic heterocycles. The van der Waals surface area contributed by atoms with Gasteiger partial charge in [-0.2, -0.15) is 0 Å². The van der Waals surface area contributed by atoms with Crippen LogP contribution in [-0.4, -0.2) is 22.9 Å². The van der Waals surface area contributed by atoms with Crippen molar-refractivity contribution in [1.29, 1.82) is 0 Å². The maximum atomic E-state index is 11.5. The van der Waals surface area contributed by atoms with E-state index < -0.39 is 0 Å². The molecule has 2 N–H and O–H groups in total. The van der Waals surface area contributed by atoms with Crippen LogP contribution in [0.4, 0.5) is 23.0 Å². The monoisotopic (exact) mass is 348 g/mol. The summed E-state index contributed by atoms with van der Waals surface area (Å²) >= 11 is 0. The first-order chi connectivity index (χ1) is 12.5. The van der Waals surface area contributed by atoms with E-state index >= 15 is 0 Å². The van der Waals surface area contributed by atoms with Gasteiger partial charge in [-0.15, -0.1) is 0 Å². The van der Waals surface area contributed by atoms with Gasteiger partial charge in [0.2, 0.25) is 0 Å². The van der Waals surface area contributed by atoms with Gasteiger partial charge in [0.15, 0.2) is 5.78 Å². The number of nitrogens with one attached hydrogen (secondary N) is 2. The second kappa shape index (κ2) is 7.65. The minimum atomic E-state index is 0.0226. The maximum absolute atomic E-state index is 11.5. The number of hydrogen-bond acceptors (Lipinski definition) is 6. The van der Waals surface area contributed by atoms with Crippen LogP contribution in [0.25, 0.3) is 0 Å². The second-order valence-corrected chi connectivity index (χ2v) is 5.80. The highest BCUT2D eigenvalue weighted by molar-refractivity contribution is 5.95. The fraction of sp³-hybridized carbons (Fsp3) is 0.150. The zero-order valence-corrected chi connectivity index (χ0v) is 14.9. The Kier molecular flexibility index (Phi) is 5.12. The van der Waals surface area contributed by atoms with Gasteiger partial charge < -0.3 is 15.4 Å². The zero-order chi connectivity index (χ0) is 18.5. The SMILES string of the molecule is COc1ccc(Nc2cc(Nc3cccc(C(C)=O)c3)nc(C)n2)cc1. The summed E-state index contributed by atoms with van der Waals surface area (Å²) in [7, 11) is 1.63. The molecule has 6 heteroatoms. The molecule has 0 bridgehead atoms. The summed E-state index contributed by atoms with van der Waals surface area (Å²) < 4.78 is 5.16. The number of rotatable bonds is 6. The lowest BCUT2D eigenvalue weighted by atomic mass is 10.1. The molecule has 0 aliphatic carbocycles. The summed E-state index contributed by atoms with van der Waals surface area (Å²) in [5.74, 6) is 2.77. The van der Waals surface area contributed by atoms with Crippen LogP contribution >= 0.6 is 0 Å². The molecule has 0 saturated heterocycles. The van der Waals surface area contributed by atoms with Crippen molar-refractivity contribution in [2.75, 3.05) is 17.7 Å². The highest BCUT2D eigenvalue weighted by Crippen LogP contribution is 2.22. The van der Waals surface area contributed by atoms with Crippen LogP contribution in [0.1, 0.15) is 23.1 Å². The van der Waals surface area contributed by atoms with Gasteiger partial charge in [-0.1, -0.05) is 12.1 Å². The third-order valence-electron chi connectivity index (χ3n) is 3.74. The molecule has 1 heterocycles. The van der Waals surface area contributed by atoms with Gasteiger partial charge in [0.05, 0.1) is 7.11 Å². The quantitative estimate of drug-likeness (QED) is 0.640.